The van der Waals surface area contributed by atoms with E-state index in [0.717, 1.165) is 18.8 Å². The Hall–Kier alpha value is -1.86. The smallest absolute Gasteiger partial charge is 0.125 e. The van der Waals surface area contributed by atoms with Crippen molar-refractivity contribution in [2.24, 2.45) is 11.7 Å². The summed E-state index contributed by atoms with van der Waals surface area (Å²) in [4.78, 5) is 4.14. The molecule has 1 aliphatic carbocycles. The van der Waals surface area contributed by atoms with Crippen LogP contribution < -0.4 is 11.1 Å². The van der Waals surface area contributed by atoms with Crippen molar-refractivity contribution >= 4 is 5.82 Å². The van der Waals surface area contributed by atoms with E-state index in [1.165, 1.54) is 0 Å². The molecule has 0 aliphatic heterocycles. The third kappa shape index (κ3) is 2.59. The Morgan fingerprint density at radius 2 is 2.38 bits per heavy atom. The van der Waals surface area contributed by atoms with Crippen LogP contribution in [0.1, 0.15) is 12.0 Å². The molecule has 1 aromatic rings. The Balaban J connectivity index is 1.86. The summed E-state index contributed by atoms with van der Waals surface area (Å²) >= 11 is 0. The number of nitrogens with one attached hydrogen (secondary N) is 1. The van der Waals surface area contributed by atoms with Crippen LogP contribution in [0.25, 0.3) is 0 Å². The standard InChI is InChI=1S/C12H14N4/c13-6-10-2-4-12(16-8-10)15-7-9-1-3-11(14)5-9/h1-4,8-9,11H,5,7,14H2,(H,15,16)/t9-,11+/m0/s1. The number of pyridine rings is 1. The number of nitrogens with zero attached hydrogens (tertiary/aromatic N) is 2. The van der Waals surface area contributed by atoms with Crippen LogP contribution in [-0.4, -0.2) is 17.6 Å². The Kier molecular flexibility index (Phi) is 3.18. The Labute approximate surface area is 94.8 Å². The molecule has 0 amide bonds. The van der Waals surface area contributed by atoms with Crippen molar-refractivity contribution in [1.82, 2.24) is 4.98 Å². The van der Waals surface area contributed by atoms with E-state index in [4.69, 9.17) is 11.0 Å². The highest BCUT2D eigenvalue weighted by molar-refractivity contribution is 5.39. The van der Waals surface area contributed by atoms with Crippen molar-refractivity contribution in [2.45, 2.75) is 12.5 Å². The second-order valence-electron chi connectivity index (χ2n) is 3.97. The molecule has 1 aromatic heterocycles. The van der Waals surface area contributed by atoms with Crippen LogP contribution in [0.3, 0.4) is 0 Å². The highest BCUT2D eigenvalue weighted by atomic mass is 15.0. The first-order valence-corrected chi connectivity index (χ1v) is 5.32. The van der Waals surface area contributed by atoms with Crippen molar-refractivity contribution in [3.63, 3.8) is 0 Å². The number of aromatic nitrogens is 1. The van der Waals surface area contributed by atoms with Gasteiger partial charge in [0.1, 0.15) is 11.9 Å². The highest BCUT2D eigenvalue weighted by Gasteiger charge is 2.14. The molecule has 0 unspecified atom stereocenters. The van der Waals surface area contributed by atoms with Crippen LogP contribution in [0, 0.1) is 17.2 Å². The van der Waals surface area contributed by atoms with Crippen molar-refractivity contribution in [1.29, 1.82) is 5.26 Å². The van der Waals surface area contributed by atoms with E-state index in [2.05, 4.69) is 16.4 Å². The molecule has 0 aromatic carbocycles. The predicted octanol–water partition coefficient (Wildman–Crippen LogP) is 1.27. The third-order valence-electron chi connectivity index (χ3n) is 2.64. The van der Waals surface area contributed by atoms with Crippen LogP contribution in [0.4, 0.5) is 5.82 Å². The minimum absolute atomic E-state index is 0.195. The van der Waals surface area contributed by atoms with Gasteiger partial charge in [0.15, 0.2) is 0 Å². The number of rotatable bonds is 3. The molecule has 0 radical (unpaired) electrons. The molecule has 1 heterocycles. The van der Waals surface area contributed by atoms with Gasteiger partial charge in [0.2, 0.25) is 0 Å². The van der Waals surface area contributed by atoms with Crippen molar-refractivity contribution < 1.29 is 0 Å². The van der Waals surface area contributed by atoms with Gasteiger partial charge in [0.05, 0.1) is 5.56 Å². The fourth-order valence-electron chi connectivity index (χ4n) is 1.76. The van der Waals surface area contributed by atoms with Crippen molar-refractivity contribution in [2.75, 3.05) is 11.9 Å². The fraction of sp³-hybridized carbons (Fsp3) is 0.333. The lowest BCUT2D eigenvalue weighted by Gasteiger charge is -2.10. The molecular formula is C12H14N4. The van der Waals surface area contributed by atoms with E-state index in [1.54, 1.807) is 12.3 Å². The Morgan fingerprint density at radius 1 is 1.50 bits per heavy atom. The maximum atomic E-state index is 8.63. The van der Waals surface area contributed by atoms with E-state index in [1.807, 2.05) is 18.2 Å². The van der Waals surface area contributed by atoms with Gasteiger partial charge in [0, 0.05) is 18.8 Å². The van der Waals surface area contributed by atoms with E-state index in [-0.39, 0.29) is 6.04 Å². The van der Waals surface area contributed by atoms with Gasteiger partial charge in [-0.25, -0.2) is 4.98 Å². The Morgan fingerprint density at radius 3 is 2.94 bits per heavy atom. The molecule has 1 aliphatic rings. The lowest BCUT2D eigenvalue weighted by molar-refractivity contribution is 0.615. The second-order valence-corrected chi connectivity index (χ2v) is 3.97. The predicted molar refractivity (Wildman–Crippen MR) is 62.7 cm³/mol. The number of hydrogen-bond donors (Lipinski definition) is 2. The van der Waals surface area contributed by atoms with Crippen LogP contribution >= 0.6 is 0 Å². The monoisotopic (exact) mass is 214 g/mol. The molecule has 3 N–H and O–H groups in total. The zero-order valence-electron chi connectivity index (χ0n) is 8.93. The number of anilines is 1. The topological polar surface area (TPSA) is 74.7 Å². The molecule has 0 fully saturated rings. The van der Waals surface area contributed by atoms with Gasteiger partial charge in [-0.2, -0.15) is 5.26 Å². The first-order chi connectivity index (χ1) is 7.78. The highest BCUT2D eigenvalue weighted by Crippen LogP contribution is 2.16. The van der Waals surface area contributed by atoms with E-state index in [9.17, 15) is 0 Å². The van der Waals surface area contributed by atoms with Gasteiger partial charge >= 0.3 is 0 Å². The summed E-state index contributed by atoms with van der Waals surface area (Å²) in [7, 11) is 0. The average Bonchev–Trinajstić information content (AvgIpc) is 2.73. The van der Waals surface area contributed by atoms with E-state index in [0.29, 0.717) is 11.5 Å². The first-order valence-electron chi connectivity index (χ1n) is 5.32. The van der Waals surface area contributed by atoms with E-state index >= 15 is 0 Å². The van der Waals surface area contributed by atoms with Crippen molar-refractivity contribution in [3.8, 4) is 6.07 Å². The minimum Gasteiger partial charge on any atom is -0.369 e. The minimum atomic E-state index is 0.195. The molecule has 2 rings (SSSR count). The second kappa shape index (κ2) is 4.77. The zero-order valence-corrected chi connectivity index (χ0v) is 8.93. The number of hydrogen-bond acceptors (Lipinski definition) is 4. The maximum absolute atomic E-state index is 8.63. The van der Waals surface area contributed by atoms with Gasteiger partial charge < -0.3 is 11.1 Å². The van der Waals surface area contributed by atoms with Gasteiger partial charge in [0.25, 0.3) is 0 Å². The van der Waals surface area contributed by atoms with Crippen LogP contribution in [0.2, 0.25) is 0 Å². The summed E-state index contributed by atoms with van der Waals surface area (Å²) in [6, 6.07) is 5.81. The molecule has 0 spiro atoms. The summed E-state index contributed by atoms with van der Waals surface area (Å²) in [6.45, 7) is 0.836. The van der Waals surface area contributed by atoms with Crippen molar-refractivity contribution in [3.05, 3.63) is 36.0 Å². The summed E-state index contributed by atoms with van der Waals surface area (Å²) in [5.74, 6) is 1.28. The molecule has 82 valence electrons. The van der Waals surface area contributed by atoms with Gasteiger partial charge in [-0.15, -0.1) is 0 Å². The molecule has 4 nitrogen and oxygen atoms in total. The van der Waals surface area contributed by atoms with Crippen LogP contribution in [0.15, 0.2) is 30.5 Å². The molecule has 4 heteroatoms. The summed E-state index contributed by atoms with van der Waals surface area (Å²) in [5.41, 5.74) is 6.34. The molecule has 16 heavy (non-hydrogen) atoms. The average molecular weight is 214 g/mol. The quantitative estimate of drug-likeness (QED) is 0.743. The SMILES string of the molecule is N#Cc1ccc(NC[C@H]2C=C[C@@H](N)C2)nc1. The lowest BCUT2D eigenvalue weighted by atomic mass is 10.1. The van der Waals surface area contributed by atoms with Crippen LogP contribution in [0.5, 0.6) is 0 Å². The largest absolute Gasteiger partial charge is 0.369 e. The maximum Gasteiger partial charge on any atom is 0.125 e. The van der Waals surface area contributed by atoms with Gasteiger partial charge in [-0.3, -0.25) is 0 Å². The normalized spacial score (nSPS) is 23.0. The zero-order chi connectivity index (χ0) is 11.4. The Bertz CT molecular complexity index is 416. The van der Waals surface area contributed by atoms with E-state index < -0.39 is 0 Å². The van der Waals surface area contributed by atoms with Gasteiger partial charge in [-0.1, -0.05) is 12.2 Å². The molecule has 0 saturated heterocycles. The molecule has 2 atom stereocenters. The van der Waals surface area contributed by atoms with Crippen LogP contribution in [-0.2, 0) is 0 Å². The number of nitrogens with two attached hydrogens (primary N) is 1. The van der Waals surface area contributed by atoms with Gasteiger partial charge in [-0.05, 0) is 24.5 Å². The fourth-order valence-corrected chi connectivity index (χ4v) is 1.76. The lowest BCUT2D eigenvalue weighted by Crippen LogP contribution is -2.18. The molecule has 0 saturated carbocycles. The summed E-state index contributed by atoms with van der Waals surface area (Å²) in [5, 5.41) is 11.9. The molecular weight excluding hydrogens is 200 g/mol. The first kappa shape index (κ1) is 10.7. The molecule has 0 bridgehead atoms. The summed E-state index contributed by atoms with van der Waals surface area (Å²) < 4.78 is 0. The summed E-state index contributed by atoms with van der Waals surface area (Å²) in [6.07, 6.45) is 6.74. The third-order valence-corrected chi connectivity index (χ3v) is 2.64. The number of nitriles is 1.